The summed E-state index contributed by atoms with van der Waals surface area (Å²) in [6, 6.07) is 6.40. The van der Waals surface area contributed by atoms with Crippen LogP contribution in [0.25, 0.3) is 10.9 Å². The molecule has 0 fully saturated rings. The van der Waals surface area contributed by atoms with E-state index in [0.29, 0.717) is 24.0 Å². The molecule has 0 spiro atoms. The summed E-state index contributed by atoms with van der Waals surface area (Å²) < 4.78 is 3.45. The van der Waals surface area contributed by atoms with E-state index in [1.807, 2.05) is 29.6 Å². The molecule has 0 radical (unpaired) electrons. The lowest BCUT2D eigenvalue weighted by Crippen LogP contribution is -2.36. The second-order valence-electron chi connectivity index (χ2n) is 7.35. The van der Waals surface area contributed by atoms with Crippen molar-refractivity contribution in [2.24, 2.45) is 14.1 Å². The third kappa shape index (κ3) is 2.46. The Hall–Kier alpha value is -2.82. The van der Waals surface area contributed by atoms with Crippen molar-refractivity contribution in [1.82, 2.24) is 14.0 Å². The fraction of sp³-hybridized carbons (Fsp3) is 0.333. The fourth-order valence-electron chi connectivity index (χ4n) is 4.09. The number of rotatable bonds is 1. The normalized spacial score (nSPS) is 13.9. The Morgan fingerprint density at radius 1 is 1.04 bits per heavy atom. The summed E-state index contributed by atoms with van der Waals surface area (Å²) in [5, 5.41) is 0.523. The fourth-order valence-corrected chi connectivity index (χ4v) is 4.09. The average Bonchev–Trinajstić information content (AvgIpc) is 2.96. The Kier molecular flexibility index (Phi) is 3.75. The van der Waals surface area contributed by atoms with Crippen LogP contribution in [0, 0.1) is 13.8 Å². The van der Waals surface area contributed by atoms with Gasteiger partial charge >= 0.3 is 0 Å². The third-order valence-electron chi connectivity index (χ3n) is 5.37. The Morgan fingerprint density at radius 3 is 2.58 bits per heavy atom. The van der Waals surface area contributed by atoms with E-state index in [1.165, 1.54) is 16.7 Å². The largest absolute Gasteiger partial charge is 0.349 e. The van der Waals surface area contributed by atoms with Crippen molar-refractivity contribution in [2.45, 2.75) is 26.8 Å². The second-order valence-corrected chi connectivity index (χ2v) is 7.35. The van der Waals surface area contributed by atoms with E-state index in [1.54, 1.807) is 17.8 Å². The van der Waals surface area contributed by atoms with Crippen LogP contribution in [0.4, 0.5) is 0 Å². The van der Waals surface area contributed by atoms with Crippen LogP contribution in [0.1, 0.15) is 32.6 Å². The smallest absolute Gasteiger partial charge is 0.260 e. The molecule has 1 aromatic carbocycles. The van der Waals surface area contributed by atoms with Crippen LogP contribution >= 0.6 is 0 Å². The summed E-state index contributed by atoms with van der Waals surface area (Å²) in [6.07, 6.45) is 4.47. The number of aromatic nitrogens is 2. The molecule has 5 heteroatoms. The van der Waals surface area contributed by atoms with E-state index in [2.05, 4.69) is 25.1 Å². The van der Waals surface area contributed by atoms with Crippen LogP contribution in [-0.4, -0.2) is 26.5 Å². The molecule has 2 aromatic heterocycles. The number of pyridine rings is 1. The maximum absolute atomic E-state index is 13.2. The number of hydrogen-bond donors (Lipinski definition) is 0. The standard InChI is InChI=1S/C21H23N3O2/c1-13-5-6-16-11-24(8-7-15(16)9-13)20(25)17-12-22(3)19-14(2)10-23(4)21(26)18(17)19/h5-6,9-10,12H,7-8,11H2,1-4H3. The van der Waals surface area contributed by atoms with E-state index < -0.39 is 0 Å². The van der Waals surface area contributed by atoms with Crippen molar-refractivity contribution in [3.8, 4) is 0 Å². The Bertz CT molecular complexity index is 1100. The summed E-state index contributed by atoms with van der Waals surface area (Å²) in [5.41, 5.74) is 5.97. The Balaban J connectivity index is 1.78. The predicted molar refractivity (Wildman–Crippen MR) is 103 cm³/mol. The van der Waals surface area contributed by atoms with Crippen LogP contribution in [0.15, 0.2) is 35.4 Å². The van der Waals surface area contributed by atoms with Gasteiger partial charge in [0.15, 0.2) is 0 Å². The van der Waals surface area contributed by atoms with Crippen molar-refractivity contribution >= 4 is 16.8 Å². The number of amides is 1. The molecule has 1 amide bonds. The first-order valence-corrected chi connectivity index (χ1v) is 8.89. The van der Waals surface area contributed by atoms with E-state index >= 15 is 0 Å². The van der Waals surface area contributed by atoms with Crippen LogP contribution in [0.3, 0.4) is 0 Å². The molecule has 0 unspecified atom stereocenters. The number of carbonyl (C=O) groups excluding carboxylic acids is 1. The molecule has 4 rings (SSSR count). The molecule has 3 heterocycles. The van der Waals surface area contributed by atoms with Gasteiger partial charge in [-0.2, -0.15) is 0 Å². The molecule has 134 valence electrons. The molecule has 1 aliphatic heterocycles. The van der Waals surface area contributed by atoms with Crippen molar-refractivity contribution in [3.05, 3.63) is 68.8 Å². The molecule has 0 atom stereocenters. The van der Waals surface area contributed by atoms with E-state index in [4.69, 9.17) is 0 Å². The summed E-state index contributed by atoms with van der Waals surface area (Å²) in [6.45, 7) is 5.33. The summed E-state index contributed by atoms with van der Waals surface area (Å²) in [5.74, 6) is -0.0653. The monoisotopic (exact) mass is 349 g/mol. The highest BCUT2D eigenvalue weighted by atomic mass is 16.2. The quantitative estimate of drug-likeness (QED) is 0.678. The minimum atomic E-state index is -0.123. The van der Waals surface area contributed by atoms with E-state index in [9.17, 15) is 9.59 Å². The number of benzene rings is 1. The highest BCUT2D eigenvalue weighted by molar-refractivity contribution is 6.07. The van der Waals surface area contributed by atoms with Crippen LogP contribution in [-0.2, 0) is 27.1 Å². The zero-order chi connectivity index (χ0) is 18.6. The molecule has 0 bridgehead atoms. The Morgan fingerprint density at radius 2 is 1.81 bits per heavy atom. The van der Waals surface area contributed by atoms with Gasteiger partial charge in [0.05, 0.1) is 16.5 Å². The number of carbonyl (C=O) groups is 1. The maximum atomic E-state index is 13.2. The number of nitrogens with zero attached hydrogens (tertiary/aromatic N) is 3. The molecule has 0 N–H and O–H groups in total. The first kappa shape index (κ1) is 16.6. The van der Waals surface area contributed by atoms with Gasteiger partial charge in [0.1, 0.15) is 0 Å². The van der Waals surface area contributed by atoms with Gasteiger partial charge in [-0.1, -0.05) is 23.8 Å². The van der Waals surface area contributed by atoms with Crippen molar-refractivity contribution in [3.63, 3.8) is 0 Å². The molecule has 0 saturated heterocycles. The molecule has 3 aromatic rings. The lowest BCUT2D eigenvalue weighted by atomic mass is 9.97. The van der Waals surface area contributed by atoms with Gasteiger partial charge in [-0.05, 0) is 37.0 Å². The van der Waals surface area contributed by atoms with Crippen molar-refractivity contribution in [1.29, 1.82) is 0 Å². The SMILES string of the molecule is Cc1ccc2c(c1)CCN(C(=O)c1cn(C)c3c(C)cn(C)c(=O)c13)C2. The number of hydrogen-bond acceptors (Lipinski definition) is 2. The van der Waals surface area contributed by atoms with E-state index in [0.717, 1.165) is 17.5 Å². The highest BCUT2D eigenvalue weighted by Gasteiger charge is 2.26. The van der Waals surface area contributed by atoms with Crippen LogP contribution in [0.2, 0.25) is 0 Å². The van der Waals surface area contributed by atoms with Crippen molar-refractivity contribution < 1.29 is 4.79 Å². The lowest BCUT2D eigenvalue weighted by Gasteiger charge is -2.29. The molecule has 1 aliphatic rings. The first-order chi connectivity index (χ1) is 12.4. The minimum absolute atomic E-state index is 0.0653. The average molecular weight is 349 g/mol. The predicted octanol–water partition coefficient (Wildman–Crippen LogP) is 2.69. The first-order valence-electron chi connectivity index (χ1n) is 8.89. The lowest BCUT2D eigenvalue weighted by molar-refractivity contribution is 0.0736. The molecule has 0 saturated carbocycles. The Labute approximate surface area is 152 Å². The number of fused-ring (bicyclic) bond motifs is 2. The zero-order valence-electron chi connectivity index (χ0n) is 15.7. The third-order valence-corrected chi connectivity index (χ3v) is 5.37. The summed E-state index contributed by atoms with van der Waals surface area (Å²) >= 11 is 0. The maximum Gasteiger partial charge on any atom is 0.260 e. The van der Waals surface area contributed by atoms with Crippen LogP contribution < -0.4 is 5.56 Å². The van der Waals surface area contributed by atoms with E-state index in [-0.39, 0.29) is 11.5 Å². The van der Waals surface area contributed by atoms with Crippen LogP contribution in [0.5, 0.6) is 0 Å². The molecular formula is C21H23N3O2. The van der Waals surface area contributed by atoms with Gasteiger partial charge < -0.3 is 14.0 Å². The minimum Gasteiger partial charge on any atom is -0.349 e. The molecule has 0 aliphatic carbocycles. The van der Waals surface area contributed by atoms with Gasteiger partial charge in [0.2, 0.25) is 0 Å². The topological polar surface area (TPSA) is 47.2 Å². The van der Waals surface area contributed by atoms with Gasteiger partial charge in [0.25, 0.3) is 11.5 Å². The summed E-state index contributed by atoms with van der Waals surface area (Å²) in [4.78, 5) is 27.8. The molecule has 5 nitrogen and oxygen atoms in total. The van der Waals surface area contributed by atoms with Gasteiger partial charge in [0, 0.05) is 39.6 Å². The van der Waals surface area contributed by atoms with Gasteiger partial charge in [-0.15, -0.1) is 0 Å². The highest BCUT2D eigenvalue weighted by Crippen LogP contribution is 2.25. The van der Waals surface area contributed by atoms with Gasteiger partial charge in [-0.3, -0.25) is 9.59 Å². The van der Waals surface area contributed by atoms with Gasteiger partial charge in [-0.25, -0.2) is 0 Å². The second kappa shape index (κ2) is 5.87. The van der Waals surface area contributed by atoms with Crippen molar-refractivity contribution in [2.75, 3.05) is 6.54 Å². The zero-order valence-corrected chi connectivity index (χ0v) is 15.7. The summed E-state index contributed by atoms with van der Waals surface area (Å²) in [7, 11) is 3.62. The molecule has 26 heavy (non-hydrogen) atoms. The number of aryl methyl sites for hydroxylation is 4. The molecular weight excluding hydrogens is 326 g/mol.